The third-order valence-corrected chi connectivity index (χ3v) is 2.33. The zero-order chi connectivity index (χ0) is 10.4. The van der Waals surface area contributed by atoms with Gasteiger partial charge in [-0.15, -0.1) is 0 Å². The number of nitrogens with one attached hydrogen (secondary N) is 1. The summed E-state index contributed by atoms with van der Waals surface area (Å²) in [6.45, 7) is 2.94. The largest absolute Gasteiger partial charge is 0.390 e. The van der Waals surface area contributed by atoms with Gasteiger partial charge in [0, 0.05) is 25.6 Å². The first-order chi connectivity index (χ1) is 6.75. The monoisotopic (exact) mass is 195 g/mol. The average Bonchev–Trinajstić information content (AvgIpc) is 2.16. The van der Waals surface area contributed by atoms with Gasteiger partial charge in [0.2, 0.25) is 0 Å². The van der Waals surface area contributed by atoms with E-state index in [4.69, 9.17) is 0 Å². The fourth-order valence-corrected chi connectivity index (χ4v) is 1.45. The molecular weight excluding hydrogens is 178 g/mol. The molecule has 1 saturated carbocycles. The first-order valence-corrected chi connectivity index (χ1v) is 5.25. The Morgan fingerprint density at radius 3 is 2.50 bits per heavy atom. The van der Waals surface area contributed by atoms with Crippen LogP contribution in [0, 0.1) is 0 Å². The van der Waals surface area contributed by atoms with Crippen molar-refractivity contribution in [2.45, 2.75) is 39.0 Å². The van der Waals surface area contributed by atoms with E-state index in [1.165, 1.54) is 0 Å². The van der Waals surface area contributed by atoms with Crippen molar-refractivity contribution in [3.63, 3.8) is 0 Å². The Bertz CT molecular complexity index is 238. The highest BCUT2D eigenvalue weighted by Gasteiger charge is 2.22. The minimum atomic E-state index is -0.00903. The summed E-state index contributed by atoms with van der Waals surface area (Å²) in [6.07, 6.45) is 5.52. The first kappa shape index (κ1) is 11.0. The number of hydrogen-bond acceptors (Lipinski definition) is 3. The molecule has 1 N–H and O–H groups in total. The first-order valence-electron chi connectivity index (χ1n) is 5.25. The van der Waals surface area contributed by atoms with Gasteiger partial charge in [-0.05, 0) is 12.8 Å². The highest BCUT2D eigenvalue weighted by molar-refractivity contribution is 6.21. The van der Waals surface area contributed by atoms with Gasteiger partial charge in [-0.1, -0.05) is 13.3 Å². The van der Waals surface area contributed by atoms with Crippen molar-refractivity contribution in [2.75, 3.05) is 6.54 Å². The van der Waals surface area contributed by atoms with Crippen LogP contribution in [0.15, 0.2) is 11.8 Å². The van der Waals surface area contributed by atoms with Crippen LogP contribution in [-0.2, 0) is 9.59 Å². The summed E-state index contributed by atoms with van der Waals surface area (Å²) in [6, 6.07) is 0. The molecule has 0 aliphatic heterocycles. The van der Waals surface area contributed by atoms with Gasteiger partial charge in [-0.25, -0.2) is 0 Å². The predicted molar refractivity (Wildman–Crippen MR) is 54.9 cm³/mol. The normalized spacial score (nSPS) is 17.1. The smallest absolute Gasteiger partial charge is 0.167 e. The Kier molecular flexibility index (Phi) is 4.36. The highest BCUT2D eigenvalue weighted by Crippen LogP contribution is 2.15. The van der Waals surface area contributed by atoms with E-state index in [2.05, 4.69) is 12.2 Å². The standard InChI is InChI=1S/C11H17NO2/c1-2-3-7-12-8-9-10(13)5-4-6-11(9)14/h8,12H,2-7H2,1H3. The van der Waals surface area contributed by atoms with Crippen LogP contribution in [0.5, 0.6) is 0 Å². The van der Waals surface area contributed by atoms with Crippen LogP contribution < -0.4 is 5.32 Å². The van der Waals surface area contributed by atoms with Crippen molar-refractivity contribution in [1.29, 1.82) is 0 Å². The SMILES string of the molecule is CCCCNC=C1C(=O)CCCC1=O. The van der Waals surface area contributed by atoms with E-state index in [9.17, 15) is 9.59 Å². The fourth-order valence-electron chi connectivity index (χ4n) is 1.45. The molecular formula is C11H17NO2. The fraction of sp³-hybridized carbons (Fsp3) is 0.636. The molecule has 1 aliphatic rings. The molecule has 1 aliphatic carbocycles. The summed E-state index contributed by atoms with van der Waals surface area (Å²) in [5, 5.41) is 3.01. The van der Waals surface area contributed by atoms with E-state index < -0.39 is 0 Å². The quantitative estimate of drug-likeness (QED) is 0.421. The third-order valence-electron chi connectivity index (χ3n) is 2.33. The van der Waals surface area contributed by atoms with E-state index in [1.807, 2.05) is 0 Å². The number of Topliss-reactive ketones (excluding diaryl/α,β-unsaturated/α-hetero) is 2. The van der Waals surface area contributed by atoms with Gasteiger partial charge in [0.25, 0.3) is 0 Å². The molecule has 0 atom stereocenters. The molecule has 1 rings (SSSR count). The molecule has 14 heavy (non-hydrogen) atoms. The molecule has 1 fully saturated rings. The molecule has 0 aromatic rings. The number of rotatable bonds is 4. The van der Waals surface area contributed by atoms with Crippen molar-refractivity contribution in [3.8, 4) is 0 Å². The molecule has 78 valence electrons. The van der Waals surface area contributed by atoms with Gasteiger partial charge < -0.3 is 5.32 Å². The number of allylic oxidation sites excluding steroid dienone is 1. The molecule has 0 aromatic heterocycles. The van der Waals surface area contributed by atoms with Gasteiger partial charge >= 0.3 is 0 Å². The van der Waals surface area contributed by atoms with Crippen molar-refractivity contribution in [2.24, 2.45) is 0 Å². The van der Waals surface area contributed by atoms with E-state index in [0.29, 0.717) is 24.8 Å². The number of ketones is 2. The summed E-state index contributed by atoms with van der Waals surface area (Å²) >= 11 is 0. The lowest BCUT2D eigenvalue weighted by molar-refractivity contribution is -0.123. The molecule has 0 amide bonds. The lowest BCUT2D eigenvalue weighted by atomic mass is 9.93. The van der Waals surface area contributed by atoms with Gasteiger partial charge in [-0.2, -0.15) is 0 Å². The van der Waals surface area contributed by atoms with Gasteiger partial charge in [0.15, 0.2) is 11.6 Å². The Labute approximate surface area is 84.6 Å². The van der Waals surface area contributed by atoms with Gasteiger partial charge in [0.05, 0.1) is 5.57 Å². The number of carbonyl (C=O) groups is 2. The van der Waals surface area contributed by atoms with Crippen molar-refractivity contribution in [1.82, 2.24) is 5.32 Å². The zero-order valence-electron chi connectivity index (χ0n) is 8.64. The van der Waals surface area contributed by atoms with Crippen LogP contribution in [-0.4, -0.2) is 18.1 Å². The minimum Gasteiger partial charge on any atom is -0.390 e. The summed E-state index contributed by atoms with van der Waals surface area (Å²) in [5.74, 6) is -0.0181. The summed E-state index contributed by atoms with van der Waals surface area (Å²) in [4.78, 5) is 22.7. The lowest BCUT2D eigenvalue weighted by Crippen LogP contribution is -2.21. The van der Waals surface area contributed by atoms with Crippen molar-refractivity contribution < 1.29 is 9.59 Å². The van der Waals surface area contributed by atoms with Crippen molar-refractivity contribution in [3.05, 3.63) is 11.8 Å². The number of hydrogen-bond donors (Lipinski definition) is 1. The van der Waals surface area contributed by atoms with Crippen LogP contribution in [0.4, 0.5) is 0 Å². The van der Waals surface area contributed by atoms with Gasteiger partial charge in [0.1, 0.15) is 0 Å². The molecule has 0 unspecified atom stereocenters. The Hall–Kier alpha value is -1.12. The maximum absolute atomic E-state index is 11.3. The lowest BCUT2D eigenvalue weighted by Gasteiger charge is -2.11. The average molecular weight is 195 g/mol. The Morgan fingerprint density at radius 2 is 1.93 bits per heavy atom. The maximum atomic E-state index is 11.3. The second kappa shape index (κ2) is 5.58. The molecule has 0 bridgehead atoms. The maximum Gasteiger partial charge on any atom is 0.167 e. The summed E-state index contributed by atoms with van der Waals surface area (Å²) < 4.78 is 0. The van der Waals surface area contributed by atoms with E-state index in [1.54, 1.807) is 6.20 Å². The minimum absolute atomic E-state index is 0.00903. The molecule has 0 radical (unpaired) electrons. The number of unbranched alkanes of at least 4 members (excludes halogenated alkanes) is 1. The molecule has 0 spiro atoms. The van der Waals surface area contributed by atoms with Crippen LogP contribution >= 0.6 is 0 Å². The molecule has 3 nitrogen and oxygen atoms in total. The van der Waals surface area contributed by atoms with E-state index in [-0.39, 0.29) is 11.6 Å². The predicted octanol–water partition coefficient (Wildman–Crippen LogP) is 1.58. The third kappa shape index (κ3) is 2.98. The summed E-state index contributed by atoms with van der Waals surface area (Å²) in [7, 11) is 0. The highest BCUT2D eigenvalue weighted by atomic mass is 16.1. The zero-order valence-corrected chi connectivity index (χ0v) is 8.64. The molecule has 0 saturated heterocycles. The van der Waals surface area contributed by atoms with Crippen molar-refractivity contribution >= 4 is 11.6 Å². The van der Waals surface area contributed by atoms with Crippen LogP contribution in [0.2, 0.25) is 0 Å². The number of carbonyl (C=O) groups excluding carboxylic acids is 2. The van der Waals surface area contributed by atoms with Crippen LogP contribution in [0.3, 0.4) is 0 Å². The molecule has 3 heteroatoms. The second-order valence-electron chi connectivity index (χ2n) is 3.57. The van der Waals surface area contributed by atoms with E-state index >= 15 is 0 Å². The Balaban J connectivity index is 2.46. The van der Waals surface area contributed by atoms with E-state index in [0.717, 1.165) is 19.4 Å². The topological polar surface area (TPSA) is 46.2 Å². The Morgan fingerprint density at radius 1 is 1.29 bits per heavy atom. The molecule has 0 heterocycles. The second-order valence-corrected chi connectivity index (χ2v) is 3.57. The molecule has 0 aromatic carbocycles. The van der Waals surface area contributed by atoms with Crippen LogP contribution in [0.25, 0.3) is 0 Å². The van der Waals surface area contributed by atoms with Crippen LogP contribution in [0.1, 0.15) is 39.0 Å². The van der Waals surface area contributed by atoms with Gasteiger partial charge in [-0.3, -0.25) is 9.59 Å². The summed E-state index contributed by atoms with van der Waals surface area (Å²) in [5.41, 5.74) is 0.368.